The Labute approximate surface area is 231 Å². The Hall–Kier alpha value is -2.07. The summed E-state index contributed by atoms with van der Waals surface area (Å²) in [7, 11) is 0. The number of amides is 1. The van der Waals surface area contributed by atoms with Gasteiger partial charge in [-0.3, -0.25) is 0 Å². The maximum absolute atomic E-state index is 13.9. The highest BCUT2D eigenvalue weighted by Gasteiger charge is 2.46. The maximum atomic E-state index is 13.9. The van der Waals surface area contributed by atoms with Gasteiger partial charge >= 0.3 is 6.09 Å². The van der Waals surface area contributed by atoms with Crippen LogP contribution in [0.1, 0.15) is 64.0 Å². The highest BCUT2D eigenvalue weighted by Crippen LogP contribution is 2.45. The van der Waals surface area contributed by atoms with Gasteiger partial charge in [0.15, 0.2) is 5.79 Å². The van der Waals surface area contributed by atoms with Crippen molar-refractivity contribution in [2.45, 2.75) is 82.3 Å². The number of carbonyl (C=O) groups is 1. The van der Waals surface area contributed by atoms with E-state index in [9.17, 15) is 13.6 Å². The summed E-state index contributed by atoms with van der Waals surface area (Å²) in [6.07, 6.45) is 3.43. The van der Waals surface area contributed by atoms with Gasteiger partial charge in [0.05, 0.1) is 13.2 Å². The second-order valence-electron chi connectivity index (χ2n) is 11.2. The van der Waals surface area contributed by atoms with Gasteiger partial charge in [-0.25, -0.2) is 13.6 Å². The standard InChI is InChI=1S/C29H37BrF2N2O4/c1-27(2,3)38-26(35)34-25(17-20-15-23(31)19-24(32)16-20)7-12-33-28(21-5-4-6-22(30)18-21)8-10-29(11-9-28)36-13-14-37-29/h4-6,15-16,18-19,25,33H,7-14,17H2,1-3H3,(H,34,35). The average Bonchev–Trinajstić information content (AvgIpc) is 3.27. The van der Waals surface area contributed by atoms with E-state index in [2.05, 4.69) is 38.7 Å². The molecule has 1 aliphatic heterocycles. The molecule has 38 heavy (non-hydrogen) atoms. The van der Waals surface area contributed by atoms with E-state index in [1.165, 1.54) is 17.7 Å². The summed E-state index contributed by atoms with van der Waals surface area (Å²) in [5.74, 6) is -1.79. The third-order valence-corrected chi connectivity index (χ3v) is 7.63. The molecule has 2 aliphatic rings. The van der Waals surface area contributed by atoms with Gasteiger partial charge in [0.25, 0.3) is 0 Å². The fourth-order valence-electron chi connectivity index (χ4n) is 5.40. The van der Waals surface area contributed by atoms with Crippen molar-refractivity contribution >= 4 is 22.0 Å². The first-order valence-corrected chi connectivity index (χ1v) is 14.0. The molecule has 4 rings (SSSR count). The van der Waals surface area contributed by atoms with Gasteiger partial charge in [0.2, 0.25) is 0 Å². The molecule has 2 aromatic rings. The molecule has 2 aromatic carbocycles. The molecule has 1 saturated heterocycles. The summed E-state index contributed by atoms with van der Waals surface area (Å²) in [5, 5.41) is 6.68. The number of ether oxygens (including phenoxy) is 3. The van der Waals surface area contributed by atoms with Crippen molar-refractivity contribution in [1.29, 1.82) is 0 Å². The van der Waals surface area contributed by atoms with Crippen LogP contribution >= 0.6 is 15.9 Å². The quantitative estimate of drug-likeness (QED) is 0.372. The summed E-state index contributed by atoms with van der Waals surface area (Å²) in [6, 6.07) is 11.3. The Morgan fingerprint density at radius 1 is 1.05 bits per heavy atom. The Morgan fingerprint density at radius 3 is 2.32 bits per heavy atom. The van der Waals surface area contributed by atoms with Crippen LogP contribution in [0.4, 0.5) is 13.6 Å². The lowest BCUT2D eigenvalue weighted by molar-refractivity contribution is -0.187. The van der Waals surface area contributed by atoms with Crippen LogP contribution in [-0.2, 0) is 26.2 Å². The SMILES string of the molecule is CC(C)(C)OC(=O)NC(CCNC1(c2cccc(Br)c2)CCC2(CC1)OCCO2)Cc1cc(F)cc(F)c1. The Balaban J connectivity index is 1.48. The fourth-order valence-corrected chi connectivity index (χ4v) is 5.79. The fraction of sp³-hybridized carbons (Fsp3) is 0.552. The van der Waals surface area contributed by atoms with Crippen LogP contribution in [0.25, 0.3) is 0 Å². The first-order valence-electron chi connectivity index (χ1n) is 13.2. The molecule has 6 nitrogen and oxygen atoms in total. The van der Waals surface area contributed by atoms with Gasteiger partial charge in [-0.1, -0.05) is 28.1 Å². The molecule has 2 N–H and O–H groups in total. The van der Waals surface area contributed by atoms with E-state index in [1.807, 2.05) is 12.1 Å². The minimum atomic E-state index is -0.662. The Morgan fingerprint density at radius 2 is 1.71 bits per heavy atom. The summed E-state index contributed by atoms with van der Waals surface area (Å²) < 4.78 is 46.1. The zero-order valence-electron chi connectivity index (χ0n) is 22.2. The zero-order chi connectivity index (χ0) is 27.4. The molecule has 1 atom stereocenters. The molecule has 9 heteroatoms. The van der Waals surface area contributed by atoms with Crippen molar-refractivity contribution in [1.82, 2.24) is 10.6 Å². The molecule has 1 amide bonds. The molecule has 1 unspecified atom stereocenters. The minimum Gasteiger partial charge on any atom is -0.444 e. The van der Waals surface area contributed by atoms with Gasteiger partial charge in [0, 0.05) is 35.0 Å². The van der Waals surface area contributed by atoms with Crippen LogP contribution in [0.3, 0.4) is 0 Å². The second-order valence-corrected chi connectivity index (χ2v) is 12.2. The summed E-state index contributed by atoms with van der Waals surface area (Å²) in [6.45, 7) is 7.19. The number of alkyl carbamates (subject to hydrolysis) is 1. The predicted octanol–water partition coefficient (Wildman–Crippen LogP) is 6.36. The van der Waals surface area contributed by atoms with Crippen molar-refractivity contribution in [3.8, 4) is 0 Å². The van der Waals surface area contributed by atoms with Crippen LogP contribution in [0.5, 0.6) is 0 Å². The second kappa shape index (κ2) is 12.0. The number of benzene rings is 2. The number of carbonyl (C=O) groups excluding carboxylic acids is 1. The molecular weight excluding hydrogens is 558 g/mol. The monoisotopic (exact) mass is 594 g/mol. The lowest BCUT2D eigenvalue weighted by Gasteiger charge is -2.45. The van der Waals surface area contributed by atoms with Crippen molar-refractivity contribution in [2.24, 2.45) is 0 Å². The van der Waals surface area contributed by atoms with Gasteiger partial charge in [-0.15, -0.1) is 0 Å². The van der Waals surface area contributed by atoms with Crippen LogP contribution in [0.2, 0.25) is 0 Å². The Kier molecular flexibility index (Phi) is 9.12. The van der Waals surface area contributed by atoms with Gasteiger partial charge in [-0.2, -0.15) is 0 Å². The van der Waals surface area contributed by atoms with Crippen LogP contribution in [-0.4, -0.2) is 43.3 Å². The molecule has 1 heterocycles. The van der Waals surface area contributed by atoms with Crippen LogP contribution in [0.15, 0.2) is 46.9 Å². The molecule has 1 saturated carbocycles. The van der Waals surface area contributed by atoms with Gasteiger partial charge in [0.1, 0.15) is 17.2 Å². The predicted molar refractivity (Wildman–Crippen MR) is 145 cm³/mol. The van der Waals surface area contributed by atoms with E-state index in [-0.39, 0.29) is 12.0 Å². The van der Waals surface area contributed by atoms with Crippen molar-refractivity contribution < 1.29 is 27.8 Å². The van der Waals surface area contributed by atoms with Crippen molar-refractivity contribution in [3.05, 3.63) is 69.7 Å². The maximum Gasteiger partial charge on any atom is 0.407 e. The van der Waals surface area contributed by atoms with E-state index in [0.717, 1.165) is 36.2 Å². The number of hydrogen-bond donors (Lipinski definition) is 2. The average molecular weight is 596 g/mol. The van der Waals surface area contributed by atoms with Crippen molar-refractivity contribution in [3.63, 3.8) is 0 Å². The third kappa shape index (κ3) is 7.74. The Bertz CT molecular complexity index is 1090. The highest BCUT2D eigenvalue weighted by atomic mass is 79.9. The van der Waals surface area contributed by atoms with Gasteiger partial charge < -0.3 is 24.8 Å². The lowest BCUT2D eigenvalue weighted by atomic mass is 9.74. The van der Waals surface area contributed by atoms with Crippen molar-refractivity contribution in [2.75, 3.05) is 19.8 Å². The summed E-state index contributed by atoms with van der Waals surface area (Å²) >= 11 is 3.60. The number of hydrogen-bond acceptors (Lipinski definition) is 5. The number of halogens is 3. The van der Waals surface area contributed by atoms with Crippen LogP contribution in [0, 0.1) is 11.6 Å². The van der Waals surface area contributed by atoms with E-state index < -0.39 is 35.2 Å². The highest BCUT2D eigenvalue weighted by molar-refractivity contribution is 9.10. The van der Waals surface area contributed by atoms with Gasteiger partial charge in [-0.05, 0) is 88.4 Å². The summed E-state index contributed by atoms with van der Waals surface area (Å²) in [5.41, 5.74) is 0.681. The molecule has 208 valence electrons. The molecular formula is C29H37BrF2N2O4. The first kappa shape index (κ1) is 28.9. The number of nitrogens with one attached hydrogen (secondary N) is 2. The minimum absolute atomic E-state index is 0.268. The zero-order valence-corrected chi connectivity index (χ0v) is 23.8. The molecule has 0 aromatic heterocycles. The van der Waals surface area contributed by atoms with E-state index >= 15 is 0 Å². The van der Waals surface area contributed by atoms with E-state index in [0.29, 0.717) is 31.7 Å². The molecule has 0 radical (unpaired) electrons. The first-order chi connectivity index (χ1) is 18.0. The van der Waals surface area contributed by atoms with E-state index in [1.54, 1.807) is 20.8 Å². The largest absolute Gasteiger partial charge is 0.444 e. The topological polar surface area (TPSA) is 68.8 Å². The van der Waals surface area contributed by atoms with E-state index in [4.69, 9.17) is 14.2 Å². The smallest absolute Gasteiger partial charge is 0.407 e. The summed E-state index contributed by atoms with van der Waals surface area (Å²) in [4.78, 5) is 12.6. The number of rotatable bonds is 8. The molecule has 1 aliphatic carbocycles. The normalized spacial score (nSPS) is 19.3. The molecule has 2 fully saturated rings. The molecule has 0 bridgehead atoms. The lowest BCUT2D eigenvalue weighted by Crippen LogP contribution is -2.51. The molecule has 1 spiro atoms. The third-order valence-electron chi connectivity index (χ3n) is 7.14. The van der Waals surface area contributed by atoms with Crippen LogP contribution < -0.4 is 10.6 Å².